The summed E-state index contributed by atoms with van der Waals surface area (Å²) in [4.78, 5) is 10.4. The molecule has 0 amide bonds. The molecule has 0 saturated carbocycles. The molecule has 19 heavy (non-hydrogen) atoms. The summed E-state index contributed by atoms with van der Waals surface area (Å²) in [5.74, 6) is 0.678. The van der Waals surface area contributed by atoms with Crippen LogP contribution in [0.3, 0.4) is 0 Å². The Morgan fingerprint density at radius 1 is 1.53 bits per heavy atom. The predicted molar refractivity (Wildman–Crippen MR) is 85.7 cm³/mol. The maximum absolute atomic E-state index is 6.04. The van der Waals surface area contributed by atoms with Gasteiger partial charge in [0.1, 0.15) is 0 Å². The quantitative estimate of drug-likeness (QED) is 0.862. The van der Waals surface area contributed by atoms with Crippen LogP contribution in [0.2, 0.25) is 0 Å². The molecule has 4 nitrogen and oxygen atoms in total. The van der Waals surface area contributed by atoms with Crippen molar-refractivity contribution in [3.05, 3.63) is 20.8 Å². The number of thiophene rings is 1. The van der Waals surface area contributed by atoms with E-state index in [9.17, 15) is 0 Å². The highest BCUT2D eigenvalue weighted by atomic mass is 79.9. The highest BCUT2D eigenvalue weighted by molar-refractivity contribution is 9.10. The Bertz CT molecular complexity index is 442. The van der Waals surface area contributed by atoms with E-state index in [1.807, 2.05) is 0 Å². The smallest absolute Gasteiger partial charge is 0.191 e. The Kier molecular flexibility index (Phi) is 5.24. The van der Waals surface area contributed by atoms with Crippen LogP contribution >= 0.6 is 27.3 Å². The first-order chi connectivity index (χ1) is 9.17. The van der Waals surface area contributed by atoms with E-state index in [1.54, 1.807) is 11.3 Å². The topological polar surface area (TPSA) is 44.9 Å². The molecule has 1 aliphatic rings. The average Bonchev–Trinajstić information content (AvgIpc) is 2.97. The molecular weight excluding hydrogens is 324 g/mol. The number of nitrogens with two attached hydrogens (primary N) is 1. The van der Waals surface area contributed by atoms with Gasteiger partial charge in [-0.15, -0.1) is 11.3 Å². The number of nitrogens with zero attached hydrogens (tertiary/aromatic N) is 3. The summed E-state index contributed by atoms with van der Waals surface area (Å²) in [6, 6.07) is 2.39. The van der Waals surface area contributed by atoms with E-state index >= 15 is 0 Å². The fourth-order valence-corrected chi connectivity index (χ4v) is 4.10. The van der Waals surface area contributed by atoms with Gasteiger partial charge in [-0.1, -0.05) is 13.8 Å². The number of guanidine groups is 1. The van der Waals surface area contributed by atoms with E-state index in [0.29, 0.717) is 12.0 Å². The van der Waals surface area contributed by atoms with Gasteiger partial charge in [0.15, 0.2) is 5.96 Å². The lowest BCUT2D eigenvalue weighted by Crippen LogP contribution is -2.41. The largest absolute Gasteiger partial charge is 0.370 e. The summed E-state index contributed by atoms with van der Waals surface area (Å²) >= 11 is 5.38. The molecule has 0 saturated heterocycles. The zero-order valence-electron chi connectivity index (χ0n) is 11.5. The van der Waals surface area contributed by atoms with Crippen LogP contribution in [0, 0.1) is 0 Å². The van der Waals surface area contributed by atoms with E-state index in [4.69, 9.17) is 5.73 Å². The molecule has 0 bridgehead atoms. The van der Waals surface area contributed by atoms with E-state index in [-0.39, 0.29) is 0 Å². The normalized spacial score (nSPS) is 19.3. The lowest BCUT2D eigenvalue weighted by atomic mass is 10.2. The third-order valence-electron chi connectivity index (χ3n) is 3.60. The standard InChI is InChI=1S/C13H21BrN4S/c1-3-17(4-2)6-7-18-11(9-16-13(18)15)12-10(14)5-8-19-12/h5,8,11H,3-4,6-7,9H2,1-2H3,(H2,15,16). The van der Waals surface area contributed by atoms with Crippen LogP contribution in [-0.2, 0) is 0 Å². The van der Waals surface area contributed by atoms with Crippen LogP contribution in [0.15, 0.2) is 20.9 Å². The van der Waals surface area contributed by atoms with Crippen LogP contribution in [0.25, 0.3) is 0 Å². The van der Waals surface area contributed by atoms with Gasteiger partial charge in [-0.25, -0.2) is 0 Å². The fraction of sp³-hybridized carbons (Fsp3) is 0.615. The Morgan fingerprint density at radius 3 is 2.84 bits per heavy atom. The first kappa shape index (κ1) is 14.8. The number of hydrogen-bond donors (Lipinski definition) is 1. The van der Waals surface area contributed by atoms with Gasteiger partial charge in [0.2, 0.25) is 0 Å². The molecule has 6 heteroatoms. The van der Waals surface area contributed by atoms with Crippen LogP contribution in [0.4, 0.5) is 0 Å². The summed E-state index contributed by atoms with van der Waals surface area (Å²) in [6.45, 7) is 9.28. The molecule has 106 valence electrons. The molecule has 1 aromatic heterocycles. The van der Waals surface area contributed by atoms with Crippen molar-refractivity contribution in [2.45, 2.75) is 19.9 Å². The zero-order chi connectivity index (χ0) is 13.8. The molecular formula is C13H21BrN4S. The molecule has 1 atom stereocenters. The number of halogens is 1. The highest BCUT2D eigenvalue weighted by Gasteiger charge is 2.29. The van der Waals surface area contributed by atoms with Crippen LogP contribution < -0.4 is 5.73 Å². The van der Waals surface area contributed by atoms with Crippen LogP contribution in [-0.4, -0.2) is 48.5 Å². The molecule has 2 heterocycles. The lowest BCUT2D eigenvalue weighted by molar-refractivity contribution is 0.249. The minimum absolute atomic E-state index is 0.296. The van der Waals surface area contributed by atoms with Crippen molar-refractivity contribution in [3.63, 3.8) is 0 Å². The molecule has 0 fully saturated rings. The molecule has 2 N–H and O–H groups in total. The molecule has 2 rings (SSSR count). The summed E-state index contributed by atoms with van der Waals surface area (Å²) in [6.07, 6.45) is 0. The molecule has 1 aliphatic heterocycles. The number of rotatable bonds is 6. The third kappa shape index (κ3) is 3.30. The van der Waals surface area contributed by atoms with Crippen LogP contribution in [0.1, 0.15) is 24.8 Å². The van der Waals surface area contributed by atoms with E-state index in [2.05, 4.69) is 56.0 Å². The molecule has 0 spiro atoms. The highest BCUT2D eigenvalue weighted by Crippen LogP contribution is 2.34. The van der Waals surface area contributed by atoms with Gasteiger partial charge in [0.25, 0.3) is 0 Å². The number of aliphatic imine (C=N–C) groups is 1. The monoisotopic (exact) mass is 344 g/mol. The Balaban J connectivity index is 2.04. The fourth-order valence-electron chi connectivity index (χ4n) is 2.36. The van der Waals surface area contributed by atoms with Gasteiger partial charge in [0, 0.05) is 22.4 Å². The first-order valence-corrected chi connectivity index (χ1v) is 8.36. The van der Waals surface area contributed by atoms with Crippen molar-refractivity contribution in [1.29, 1.82) is 0 Å². The second kappa shape index (κ2) is 6.72. The second-order valence-electron chi connectivity index (χ2n) is 4.57. The van der Waals surface area contributed by atoms with E-state index < -0.39 is 0 Å². The Morgan fingerprint density at radius 2 is 2.26 bits per heavy atom. The van der Waals surface area contributed by atoms with Gasteiger partial charge in [0.05, 0.1) is 12.6 Å². The van der Waals surface area contributed by atoms with Crippen molar-refractivity contribution in [2.75, 3.05) is 32.7 Å². The molecule has 1 unspecified atom stereocenters. The third-order valence-corrected chi connectivity index (χ3v) is 5.57. The maximum atomic E-state index is 6.04. The predicted octanol–water partition coefficient (Wildman–Crippen LogP) is 2.52. The van der Waals surface area contributed by atoms with Crippen molar-refractivity contribution < 1.29 is 0 Å². The van der Waals surface area contributed by atoms with Crippen molar-refractivity contribution in [3.8, 4) is 0 Å². The van der Waals surface area contributed by atoms with Crippen molar-refractivity contribution in [1.82, 2.24) is 9.80 Å². The maximum Gasteiger partial charge on any atom is 0.191 e. The van der Waals surface area contributed by atoms with Gasteiger partial charge in [-0.05, 0) is 40.5 Å². The first-order valence-electron chi connectivity index (χ1n) is 6.69. The summed E-state index contributed by atoms with van der Waals surface area (Å²) in [5, 5.41) is 2.11. The van der Waals surface area contributed by atoms with Gasteiger partial charge >= 0.3 is 0 Å². The van der Waals surface area contributed by atoms with E-state index in [0.717, 1.165) is 32.7 Å². The summed E-state index contributed by atoms with van der Waals surface area (Å²) < 4.78 is 1.17. The number of likely N-dealkylation sites (N-methyl/N-ethyl adjacent to an activating group) is 1. The molecule has 0 radical (unpaired) electrons. The minimum Gasteiger partial charge on any atom is -0.370 e. The van der Waals surface area contributed by atoms with Gasteiger partial charge < -0.3 is 15.5 Å². The molecule has 0 aliphatic carbocycles. The molecule has 1 aromatic rings. The lowest BCUT2D eigenvalue weighted by Gasteiger charge is -2.28. The van der Waals surface area contributed by atoms with Crippen LogP contribution in [0.5, 0.6) is 0 Å². The molecule has 0 aromatic carbocycles. The summed E-state index contributed by atoms with van der Waals surface area (Å²) in [5.41, 5.74) is 6.04. The second-order valence-corrected chi connectivity index (χ2v) is 6.37. The van der Waals surface area contributed by atoms with Gasteiger partial charge in [-0.3, -0.25) is 4.99 Å². The summed E-state index contributed by atoms with van der Waals surface area (Å²) in [7, 11) is 0. The SMILES string of the molecule is CCN(CC)CCN1C(N)=NCC1c1sccc1Br. The van der Waals surface area contributed by atoms with Crippen molar-refractivity contribution in [2.24, 2.45) is 10.7 Å². The number of hydrogen-bond acceptors (Lipinski definition) is 5. The Hall–Kier alpha value is -0.590. The average molecular weight is 345 g/mol. The minimum atomic E-state index is 0.296. The van der Waals surface area contributed by atoms with Gasteiger partial charge in [-0.2, -0.15) is 0 Å². The zero-order valence-corrected chi connectivity index (χ0v) is 13.9. The Labute approximate surface area is 127 Å². The van der Waals surface area contributed by atoms with Crippen molar-refractivity contribution >= 4 is 33.2 Å². The van der Waals surface area contributed by atoms with E-state index in [1.165, 1.54) is 9.35 Å².